The van der Waals surface area contributed by atoms with Crippen LogP contribution < -0.4 is 11.1 Å². The Labute approximate surface area is 93.6 Å². The second-order valence-electron chi connectivity index (χ2n) is 3.25. The first kappa shape index (κ1) is 12.0. The summed E-state index contributed by atoms with van der Waals surface area (Å²) in [6, 6.07) is 0. The molecule has 0 aliphatic heterocycles. The maximum atomic E-state index is 10.5. The van der Waals surface area contributed by atoms with Crippen LogP contribution in [0.4, 0.5) is 0 Å². The van der Waals surface area contributed by atoms with Gasteiger partial charge in [-0.05, 0) is 6.42 Å². The first-order valence-electron chi connectivity index (χ1n) is 4.75. The molecule has 5 nitrogen and oxygen atoms in total. The summed E-state index contributed by atoms with van der Waals surface area (Å²) in [5.74, 6) is -0.385. The van der Waals surface area contributed by atoms with Crippen LogP contribution in [0, 0.1) is 0 Å². The van der Waals surface area contributed by atoms with E-state index in [0.29, 0.717) is 11.6 Å². The zero-order chi connectivity index (χ0) is 11.4. The summed E-state index contributed by atoms with van der Waals surface area (Å²) in [6.45, 7) is 2.63. The Morgan fingerprint density at radius 2 is 2.33 bits per heavy atom. The lowest BCUT2D eigenvalue weighted by molar-refractivity contribution is -0.117. The number of primary amides is 1. The molecule has 6 heteroatoms. The molecule has 0 saturated heterocycles. The summed E-state index contributed by atoms with van der Waals surface area (Å²) in [5.41, 5.74) is 6.75. The van der Waals surface area contributed by atoms with Gasteiger partial charge >= 0.3 is 0 Å². The molecule has 0 aliphatic rings. The van der Waals surface area contributed by atoms with Crippen molar-refractivity contribution in [3.8, 4) is 0 Å². The molecular formula is C9H15ClN4O. The molecule has 0 atom stereocenters. The van der Waals surface area contributed by atoms with Gasteiger partial charge in [0.1, 0.15) is 0 Å². The Bertz CT molecular complexity index is 361. The number of hydrogen-bond acceptors (Lipinski definition) is 3. The predicted octanol–water partition coefficient (Wildman–Crippen LogP) is 0.211. The van der Waals surface area contributed by atoms with Crippen LogP contribution in [0.15, 0.2) is 0 Å². The van der Waals surface area contributed by atoms with Gasteiger partial charge in [-0.25, -0.2) is 0 Å². The molecule has 3 N–H and O–H groups in total. The lowest BCUT2D eigenvalue weighted by Crippen LogP contribution is -2.28. The second-order valence-corrected chi connectivity index (χ2v) is 3.63. The highest BCUT2D eigenvalue weighted by atomic mass is 35.5. The Kier molecular flexibility index (Phi) is 4.11. The summed E-state index contributed by atoms with van der Waals surface area (Å²) in [6.07, 6.45) is 0.794. The van der Waals surface area contributed by atoms with Crippen molar-refractivity contribution >= 4 is 17.5 Å². The highest BCUT2D eigenvalue weighted by Gasteiger charge is 2.12. The van der Waals surface area contributed by atoms with Crippen molar-refractivity contribution in [2.75, 3.05) is 6.54 Å². The maximum Gasteiger partial charge on any atom is 0.231 e. The smallest absolute Gasteiger partial charge is 0.231 e. The molecular weight excluding hydrogens is 216 g/mol. The fourth-order valence-electron chi connectivity index (χ4n) is 1.32. The number of aryl methyl sites for hydroxylation is 2. The molecule has 1 aromatic rings. The molecule has 0 unspecified atom stereocenters. The van der Waals surface area contributed by atoms with Gasteiger partial charge in [-0.15, -0.1) is 0 Å². The second kappa shape index (κ2) is 5.14. The van der Waals surface area contributed by atoms with E-state index in [-0.39, 0.29) is 12.5 Å². The zero-order valence-corrected chi connectivity index (χ0v) is 9.64. The quantitative estimate of drug-likeness (QED) is 0.760. The topological polar surface area (TPSA) is 72.9 Å². The van der Waals surface area contributed by atoms with Crippen LogP contribution in [-0.4, -0.2) is 22.2 Å². The maximum absolute atomic E-state index is 10.5. The monoisotopic (exact) mass is 230 g/mol. The summed E-state index contributed by atoms with van der Waals surface area (Å²) in [7, 11) is 1.83. The number of nitrogens with zero attached hydrogens (tertiary/aromatic N) is 2. The lowest BCUT2D eigenvalue weighted by Gasteiger charge is -2.03. The fraction of sp³-hybridized carbons (Fsp3) is 0.556. The van der Waals surface area contributed by atoms with Crippen molar-refractivity contribution in [3.63, 3.8) is 0 Å². The largest absolute Gasteiger partial charge is 0.369 e. The number of nitrogens with two attached hydrogens (primary N) is 1. The normalized spacial score (nSPS) is 10.6. The van der Waals surface area contributed by atoms with Gasteiger partial charge in [0.05, 0.1) is 23.0 Å². The van der Waals surface area contributed by atoms with Crippen molar-refractivity contribution < 1.29 is 4.79 Å². The van der Waals surface area contributed by atoms with Crippen molar-refractivity contribution in [1.29, 1.82) is 0 Å². The molecule has 1 amide bonds. The van der Waals surface area contributed by atoms with Gasteiger partial charge in [-0.1, -0.05) is 18.5 Å². The Morgan fingerprint density at radius 1 is 1.67 bits per heavy atom. The van der Waals surface area contributed by atoms with Crippen LogP contribution in [0.3, 0.4) is 0 Å². The third-order valence-electron chi connectivity index (χ3n) is 2.09. The molecule has 0 spiro atoms. The van der Waals surface area contributed by atoms with E-state index in [1.165, 1.54) is 0 Å². The molecule has 84 valence electrons. The molecule has 1 rings (SSSR count). The average Bonchev–Trinajstić information content (AvgIpc) is 2.44. The van der Waals surface area contributed by atoms with Crippen LogP contribution in [0.1, 0.15) is 18.3 Å². The molecule has 0 fully saturated rings. The minimum atomic E-state index is -0.385. The van der Waals surface area contributed by atoms with Gasteiger partial charge in [0.15, 0.2) is 0 Å². The van der Waals surface area contributed by atoms with E-state index in [2.05, 4.69) is 10.4 Å². The number of nitrogens with one attached hydrogen (secondary N) is 1. The fourth-order valence-corrected chi connectivity index (χ4v) is 1.68. The number of rotatable bonds is 5. The van der Waals surface area contributed by atoms with E-state index in [1.54, 1.807) is 4.68 Å². The van der Waals surface area contributed by atoms with Crippen molar-refractivity contribution in [2.24, 2.45) is 12.8 Å². The van der Waals surface area contributed by atoms with E-state index in [0.717, 1.165) is 17.8 Å². The number of carbonyl (C=O) groups is 1. The summed E-state index contributed by atoms with van der Waals surface area (Å²) in [5, 5.41) is 7.82. The predicted molar refractivity (Wildman–Crippen MR) is 58.5 cm³/mol. The van der Waals surface area contributed by atoms with Gasteiger partial charge < -0.3 is 11.1 Å². The van der Waals surface area contributed by atoms with Crippen molar-refractivity contribution in [2.45, 2.75) is 19.9 Å². The number of halogens is 1. The van der Waals surface area contributed by atoms with E-state index in [9.17, 15) is 4.79 Å². The van der Waals surface area contributed by atoms with Gasteiger partial charge in [0.2, 0.25) is 5.91 Å². The average molecular weight is 231 g/mol. The van der Waals surface area contributed by atoms with Crippen molar-refractivity contribution in [1.82, 2.24) is 15.1 Å². The van der Waals surface area contributed by atoms with E-state index >= 15 is 0 Å². The molecule has 1 heterocycles. The third-order valence-corrected chi connectivity index (χ3v) is 2.53. The molecule has 0 bridgehead atoms. The standard InChI is InChI=1S/C9H15ClN4O/c1-3-6-9(10)7(14(2)13-6)4-12-5-8(11)15/h12H,3-5H2,1-2H3,(H2,11,15). The number of carbonyl (C=O) groups excluding carboxylic acids is 1. The molecule has 0 aliphatic carbocycles. The molecule has 1 aromatic heterocycles. The molecule has 0 aromatic carbocycles. The summed E-state index contributed by atoms with van der Waals surface area (Å²) in [4.78, 5) is 10.5. The number of amides is 1. The SMILES string of the molecule is CCc1nn(C)c(CNCC(N)=O)c1Cl. The Balaban J connectivity index is 2.68. The highest BCUT2D eigenvalue weighted by Crippen LogP contribution is 2.20. The third kappa shape index (κ3) is 2.94. The van der Waals surface area contributed by atoms with Gasteiger partial charge in [0, 0.05) is 13.6 Å². The summed E-state index contributed by atoms with van der Waals surface area (Å²) >= 11 is 6.11. The van der Waals surface area contributed by atoms with Gasteiger partial charge in [0.25, 0.3) is 0 Å². The molecule has 0 saturated carbocycles. The molecule has 0 radical (unpaired) electrons. The van der Waals surface area contributed by atoms with E-state index < -0.39 is 0 Å². The number of aromatic nitrogens is 2. The van der Waals surface area contributed by atoms with Crippen LogP contribution in [0.25, 0.3) is 0 Å². The first-order valence-corrected chi connectivity index (χ1v) is 5.13. The Hall–Kier alpha value is -1.07. The molecule has 15 heavy (non-hydrogen) atoms. The lowest BCUT2D eigenvalue weighted by atomic mass is 10.3. The zero-order valence-electron chi connectivity index (χ0n) is 8.88. The van der Waals surface area contributed by atoms with E-state index in [1.807, 2.05) is 14.0 Å². The van der Waals surface area contributed by atoms with Crippen LogP contribution in [0.5, 0.6) is 0 Å². The first-order chi connectivity index (χ1) is 7.06. The van der Waals surface area contributed by atoms with Crippen LogP contribution in [0.2, 0.25) is 5.02 Å². The Morgan fingerprint density at radius 3 is 2.80 bits per heavy atom. The van der Waals surface area contributed by atoms with Crippen LogP contribution in [-0.2, 0) is 24.8 Å². The minimum absolute atomic E-state index is 0.142. The van der Waals surface area contributed by atoms with Crippen LogP contribution >= 0.6 is 11.6 Å². The van der Waals surface area contributed by atoms with Gasteiger partial charge in [-0.3, -0.25) is 9.48 Å². The summed E-state index contributed by atoms with van der Waals surface area (Å²) < 4.78 is 1.72. The van der Waals surface area contributed by atoms with E-state index in [4.69, 9.17) is 17.3 Å². The minimum Gasteiger partial charge on any atom is -0.369 e. The highest BCUT2D eigenvalue weighted by molar-refractivity contribution is 6.31. The van der Waals surface area contributed by atoms with Gasteiger partial charge in [-0.2, -0.15) is 5.10 Å². The van der Waals surface area contributed by atoms with Crippen molar-refractivity contribution in [3.05, 3.63) is 16.4 Å². The number of hydrogen-bond donors (Lipinski definition) is 2.